The molecule has 0 radical (unpaired) electrons. The van der Waals surface area contributed by atoms with Gasteiger partial charge in [0.1, 0.15) is 19.3 Å². The standard InChI is InChI=1S/C40H80NO7P/c1-6-8-10-11-12-13-14-15-16-17-18-19-20-21-22-23-24-25-26-27-28-29-30-32-35-45-37-39(48-40(42)33-31-9-7-2)38-47-49(43,44)46-36-34-41(3,4)5/h17-18,39H,6-16,19-38H2,1-5H3/p+1/b18-17-. The van der Waals surface area contributed by atoms with Crippen molar-refractivity contribution < 1.29 is 37.3 Å². The van der Waals surface area contributed by atoms with Crippen molar-refractivity contribution in [2.45, 2.75) is 187 Å². The molecule has 8 nitrogen and oxygen atoms in total. The molecule has 0 heterocycles. The second-order valence-corrected chi connectivity index (χ2v) is 16.5. The van der Waals surface area contributed by atoms with Crippen molar-refractivity contribution in [3.8, 4) is 0 Å². The van der Waals surface area contributed by atoms with Crippen LogP contribution >= 0.6 is 7.82 Å². The molecule has 2 unspecified atom stereocenters. The highest BCUT2D eigenvalue weighted by molar-refractivity contribution is 7.47. The lowest BCUT2D eigenvalue weighted by molar-refractivity contribution is -0.870. The lowest BCUT2D eigenvalue weighted by Crippen LogP contribution is -2.37. The zero-order valence-electron chi connectivity index (χ0n) is 32.9. The minimum Gasteiger partial charge on any atom is -0.457 e. The fraction of sp³-hybridized carbons (Fsp3) is 0.925. The number of quaternary nitrogens is 1. The normalized spacial score (nSPS) is 14.0. The number of likely N-dealkylation sites (N-methyl/N-ethyl adjacent to an activating group) is 1. The predicted octanol–water partition coefficient (Wildman–Crippen LogP) is 11.5. The number of carbonyl (C=O) groups excluding carboxylic acids is 1. The molecule has 292 valence electrons. The van der Waals surface area contributed by atoms with Crippen LogP contribution in [0, 0.1) is 0 Å². The first-order valence-corrected chi connectivity index (χ1v) is 21.9. The van der Waals surface area contributed by atoms with Crippen molar-refractivity contribution in [1.29, 1.82) is 0 Å². The molecular weight excluding hydrogens is 637 g/mol. The predicted molar refractivity (Wildman–Crippen MR) is 206 cm³/mol. The molecular formula is C40H81NO7P+. The van der Waals surface area contributed by atoms with E-state index in [1.807, 2.05) is 21.1 Å². The van der Waals surface area contributed by atoms with E-state index in [0.717, 1.165) is 32.1 Å². The molecule has 0 amide bonds. The summed E-state index contributed by atoms with van der Waals surface area (Å²) < 4.78 is 34.5. The fourth-order valence-electron chi connectivity index (χ4n) is 5.61. The maximum Gasteiger partial charge on any atom is 0.472 e. The van der Waals surface area contributed by atoms with Crippen LogP contribution < -0.4 is 0 Å². The van der Waals surface area contributed by atoms with Crippen LogP contribution in [-0.2, 0) is 27.9 Å². The van der Waals surface area contributed by atoms with E-state index < -0.39 is 13.9 Å². The Bertz CT molecular complexity index is 802. The van der Waals surface area contributed by atoms with Crippen LogP contribution in [0.2, 0.25) is 0 Å². The van der Waals surface area contributed by atoms with Gasteiger partial charge in [-0.25, -0.2) is 4.57 Å². The number of nitrogens with zero attached hydrogens (tertiary/aromatic N) is 1. The molecule has 0 fully saturated rings. The van der Waals surface area contributed by atoms with E-state index in [-0.39, 0.29) is 25.8 Å². The largest absolute Gasteiger partial charge is 0.472 e. The second kappa shape index (κ2) is 34.3. The summed E-state index contributed by atoms with van der Waals surface area (Å²) in [6.45, 7) is 5.47. The number of hydrogen-bond donors (Lipinski definition) is 1. The maximum absolute atomic E-state index is 12.3. The lowest BCUT2D eigenvalue weighted by Gasteiger charge is -2.24. The van der Waals surface area contributed by atoms with Crippen molar-refractivity contribution >= 4 is 13.8 Å². The summed E-state index contributed by atoms with van der Waals surface area (Å²) in [7, 11) is 1.67. The number of allylic oxidation sites excluding steroid dienone is 2. The average molecular weight is 719 g/mol. The van der Waals surface area contributed by atoms with Crippen LogP contribution in [0.5, 0.6) is 0 Å². The number of rotatable bonds is 38. The maximum atomic E-state index is 12.3. The van der Waals surface area contributed by atoms with Gasteiger partial charge in [0.25, 0.3) is 0 Å². The van der Waals surface area contributed by atoms with Crippen LogP contribution in [0.3, 0.4) is 0 Å². The summed E-state index contributed by atoms with van der Waals surface area (Å²) in [6, 6.07) is 0. The highest BCUT2D eigenvalue weighted by Crippen LogP contribution is 2.43. The van der Waals surface area contributed by atoms with Crippen LogP contribution in [0.4, 0.5) is 0 Å². The molecule has 0 aromatic heterocycles. The third-order valence-electron chi connectivity index (χ3n) is 8.83. The third-order valence-corrected chi connectivity index (χ3v) is 9.81. The molecule has 0 aliphatic heterocycles. The molecule has 0 aliphatic rings. The fourth-order valence-corrected chi connectivity index (χ4v) is 6.35. The summed E-state index contributed by atoms with van der Waals surface area (Å²) in [6.07, 6.45) is 36.2. The van der Waals surface area contributed by atoms with Crippen molar-refractivity contribution in [2.75, 3.05) is 54.1 Å². The van der Waals surface area contributed by atoms with Crippen LogP contribution in [0.25, 0.3) is 0 Å². The first-order valence-electron chi connectivity index (χ1n) is 20.4. The van der Waals surface area contributed by atoms with E-state index in [4.69, 9.17) is 18.5 Å². The number of phosphoric ester groups is 1. The second-order valence-electron chi connectivity index (χ2n) is 15.0. The highest BCUT2D eigenvalue weighted by atomic mass is 31.2. The third kappa shape index (κ3) is 38.3. The Hall–Kier alpha value is -0.760. The Morgan fingerprint density at radius 1 is 0.612 bits per heavy atom. The minimum atomic E-state index is -4.25. The summed E-state index contributed by atoms with van der Waals surface area (Å²) >= 11 is 0. The first-order chi connectivity index (χ1) is 23.6. The van der Waals surface area contributed by atoms with E-state index in [2.05, 4.69) is 26.0 Å². The monoisotopic (exact) mass is 719 g/mol. The average Bonchev–Trinajstić information content (AvgIpc) is 3.04. The molecule has 0 saturated carbocycles. The van der Waals surface area contributed by atoms with Crippen molar-refractivity contribution in [1.82, 2.24) is 0 Å². The SMILES string of the molecule is CCCCCCCCCC/C=C\CCCCCCCCCCCCCCOCC(COP(=O)(O)OCC[N+](C)(C)C)OC(=O)CCCCC. The summed E-state index contributed by atoms with van der Waals surface area (Å²) in [5.74, 6) is -0.336. The minimum absolute atomic E-state index is 0.0903. The quantitative estimate of drug-likeness (QED) is 0.0223. The van der Waals surface area contributed by atoms with Gasteiger partial charge in [0.05, 0.1) is 34.4 Å². The van der Waals surface area contributed by atoms with Gasteiger partial charge >= 0.3 is 13.8 Å². The van der Waals surface area contributed by atoms with Gasteiger partial charge in [-0.15, -0.1) is 0 Å². The van der Waals surface area contributed by atoms with E-state index >= 15 is 0 Å². The zero-order valence-corrected chi connectivity index (χ0v) is 33.8. The van der Waals surface area contributed by atoms with E-state index in [0.29, 0.717) is 24.1 Å². The number of phosphoric acid groups is 1. The van der Waals surface area contributed by atoms with Crippen molar-refractivity contribution in [3.05, 3.63) is 12.2 Å². The number of hydrogen-bond acceptors (Lipinski definition) is 6. The Morgan fingerprint density at radius 2 is 1.06 bits per heavy atom. The lowest BCUT2D eigenvalue weighted by atomic mass is 10.0. The van der Waals surface area contributed by atoms with Gasteiger partial charge in [-0.1, -0.05) is 148 Å². The number of carbonyl (C=O) groups is 1. The van der Waals surface area contributed by atoms with E-state index in [9.17, 15) is 14.3 Å². The van der Waals surface area contributed by atoms with E-state index in [1.54, 1.807) is 0 Å². The van der Waals surface area contributed by atoms with Gasteiger partial charge in [0.2, 0.25) is 0 Å². The summed E-state index contributed by atoms with van der Waals surface area (Å²) in [5, 5.41) is 0. The van der Waals surface area contributed by atoms with E-state index in [1.165, 1.54) is 128 Å². The van der Waals surface area contributed by atoms with Crippen LogP contribution in [-0.4, -0.2) is 75.6 Å². The van der Waals surface area contributed by atoms with Gasteiger partial charge < -0.3 is 18.9 Å². The molecule has 1 N–H and O–H groups in total. The molecule has 2 atom stereocenters. The molecule has 0 aromatic carbocycles. The summed E-state index contributed by atoms with van der Waals surface area (Å²) in [5.41, 5.74) is 0. The zero-order chi connectivity index (χ0) is 36.3. The Labute approximate surface area is 303 Å². The molecule has 0 saturated heterocycles. The molecule has 0 aromatic rings. The van der Waals surface area contributed by atoms with Gasteiger partial charge in [-0.05, 0) is 38.5 Å². The molecule has 0 bridgehead atoms. The van der Waals surface area contributed by atoms with Crippen molar-refractivity contribution in [3.63, 3.8) is 0 Å². The van der Waals surface area contributed by atoms with Crippen LogP contribution in [0.1, 0.15) is 181 Å². The highest BCUT2D eigenvalue weighted by Gasteiger charge is 2.26. The molecule has 0 aliphatic carbocycles. The van der Waals surface area contributed by atoms with Gasteiger partial charge in [-0.2, -0.15) is 0 Å². The number of unbranched alkanes of at least 4 members (excludes halogenated alkanes) is 22. The van der Waals surface area contributed by atoms with Gasteiger partial charge in [-0.3, -0.25) is 13.8 Å². The Balaban J connectivity index is 3.81. The van der Waals surface area contributed by atoms with Gasteiger partial charge in [0.15, 0.2) is 0 Å². The Kier molecular flexibility index (Phi) is 33.8. The molecule has 0 spiro atoms. The molecule has 0 rings (SSSR count). The van der Waals surface area contributed by atoms with Gasteiger partial charge in [0, 0.05) is 13.0 Å². The molecule has 49 heavy (non-hydrogen) atoms. The van der Waals surface area contributed by atoms with Crippen LogP contribution in [0.15, 0.2) is 12.2 Å². The number of ether oxygens (including phenoxy) is 2. The molecule has 9 heteroatoms. The smallest absolute Gasteiger partial charge is 0.457 e. The first kappa shape index (κ1) is 48.2. The number of esters is 1. The Morgan fingerprint density at radius 3 is 1.55 bits per heavy atom. The summed E-state index contributed by atoms with van der Waals surface area (Å²) in [4.78, 5) is 22.3. The van der Waals surface area contributed by atoms with Crippen molar-refractivity contribution in [2.24, 2.45) is 0 Å². The topological polar surface area (TPSA) is 91.3 Å².